The summed E-state index contributed by atoms with van der Waals surface area (Å²) < 4.78 is 0. The SMILES string of the molecule is CCN(CC)C(=O)CN1CCCN(C(=O)CCNC(=O)c2ccsc2)CC1. The van der Waals surface area contributed by atoms with Crippen molar-refractivity contribution in [2.75, 3.05) is 52.4 Å². The van der Waals surface area contributed by atoms with Gasteiger partial charge in [-0.25, -0.2) is 0 Å². The summed E-state index contributed by atoms with van der Waals surface area (Å²) in [6, 6.07) is 1.77. The Morgan fingerprint density at radius 3 is 2.59 bits per heavy atom. The molecule has 1 fully saturated rings. The minimum atomic E-state index is -0.138. The van der Waals surface area contributed by atoms with Crippen LogP contribution in [0, 0.1) is 0 Å². The maximum Gasteiger partial charge on any atom is 0.252 e. The number of carbonyl (C=O) groups is 3. The van der Waals surface area contributed by atoms with Gasteiger partial charge in [0, 0.05) is 63.2 Å². The Kier molecular flexibility index (Phi) is 8.74. The first-order valence-corrected chi connectivity index (χ1v) is 10.6. The van der Waals surface area contributed by atoms with Crippen molar-refractivity contribution in [2.45, 2.75) is 26.7 Å². The molecule has 1 saturated heterocycles. The van der Waals surface area contributed by atoms with E-state index in [0.717, 1.165) is 26.1 Å². The molecule has 0 saturated carbocycles. The van der Waals surface area contributed by atoms with E-state index in [2.05, 4.69) is 10.2 Å². The maximum atomic E-state index is 12.4. The second kappa shape index (κ2) is 11.0. The Balaban J connectivity index is 1.72. The third kappa shape index (κ3) is 6.62. The summed E-state index contributed by atoms with van der Waals surface area (Å²) in [5.41, 5.74) is 0.635. The molecule has 0 aromatic carbocycles. The predicted molar refractivity (Wildman–Crippen MR) is 107 cm³/mol. The maximum absolute atomic E-state index is 12.4. The molecule has 2 rings (SSSR count). The normalized spacial score (nSPS) is 15.3. The van der Waals surface area contributed by atoms with Crippen molar-refractivity contribution in [1.82, 2.24) is 20.0 Å². The van der Waals surface area contributed by atoms with Crippen LogP contribution >= 0.6 is 11.3 Å². The molecule has 8 heteroatoms. The second-order valence-electron chi connectivity index (χ2n) is 6.59. The molecule has 27 heavy (non-hydrogen) atoms. The molecule has 0 radical (unpaired) electrons. The summed E-state index contributed by atoms with van der Waals surface area (Å²) in [6.07, 6.45) is 1.16. The number of likely N-dealkylation sites (N-methyl/N-ethyl adjacent to an activating group) is 1. The standard InChI is InChI=1S/C19H30N4O3S/c1-3-22(4-2)18(25)14-21-9-5-10-23(12-11-21)17(24)6-8-20-19(26)16-7-13-27-15-16/h7,13,15H,3-6,8-12,14H2,1-2H3,(H,20,26). The van der Waals surface area contributed by atoms with Gasteiger partial charge in [0.25, 0.3) is 5.91 Å². The Bertz CT molecular complexity index is 616. The lowest BCUT2D eigenvalue weighted by atomic mass is 10.3. The molecule has 1 aliphatic rings. The Morgan fingerprint density at radius 2 is 1.93 bits per heavy atom. The highest BCUT2D eigenvalue weighted by atomic mass is 32.1. The van der Waals surface area contributed by atoms with Crippen LogP contribution in [-0.4, -0.2) is 84.8 Å². The molecule has 0 atom stereocenters. The van der Waals surface area contributed by atoms with Gasteiger partial charge in [-0.05, 0) is 31.7 Å². The fourth-order valence-corrected chi connectivity index (χ4v) is 3.82. The second-order valence-corrected chi connectivity index (χ2v) is 7.37. The van der Waals surface area contributed by atoms with Crippen LogP contribution in [0.15, 0.2) is 16.8 Å². The number of amides is 3. The molecular formula is C19H30N4O3S. The highest BCUT2D eigenvalue weighted by molar-refractivity contribution is 7.08. The molecule has 2 heterocycles. The van der Waals surface area contributed by atoms with Gasteiger partial charge in [0.15, 0.2) is 0 Å². The van der Waals surface area contributed by atoms with E-state index in [4.69, 9.17) is 0 Å². The molecule has 1 aliphatic heterocycles. The summed E-state index contributed by atoms with van der Waals surface area (Å²) in [7, 11) is 0. The van der Waals surface area contributed by atoms with Gasteiger partial charge >= 0.3 is 0 Å². The zero-order valence-electron chi connectivity index (χ0n) is 16.3. The van der Waals surface area contributed by atoms with Crippen molar-refractivity contribution in [3.8, 4) is 0 Å². The Hall–Kier alpha value is -1.93. The molecule has 0 bridgehead atoms. The Labute approximate surface area is 165 Å². The summed E-state index contributed by atoms with van der Waals surface area (Å²) in [4.78, 5) is 42.4. The fraction of sp³-hybridized carbons (Fsp3) is 0.632. The van der Waals surface area contributed by atoms with E-state index in [-0.39, 0.29) is 17.7 Å². The zero-order valence-corrected chi connectivity index (χ0v) is 17.1. The average molecular weight is 395 g/mol. The lowest BCUT2D eigenvalue weighted by Crippen LogP contribution is -2.42. The van der Waals surface area contributed by atoms with E-state index in [9.17, 15) is 14.4 Å². The van der Waals surface area contributed by atoms with Gasteiger partial charge in [0.2, 0.25) is 11.8 Å². The minimum Gasteiger partial charge on any atom is -0.351 e. The summed E-state index contributed by atoms with van der Waals surface area (Å²) in [5.74, 6) is 0.0643. The van der Waals surface area contributed by atoms with Crippen LogP contribution in [0.1, 0.15) is 37.0 Å². The molecule has 3 amide bonds. The fourth-order valence-electron chi connectivity index (χ4n) is 3.18. The van der Waals surface area contributed by atoms with Gasteiger partial charge in [0.1, 0.15) is 0 Å². The van der Waals surface area contributed by atoms with E-state index in [0.29, 0.717) is 44.7 Å². The van der Waals surface area contributed by atoms with Gasteiger partial charge in [-0.15, -0.1) is 0 Å². The molecule has 7 nitrogen and oxygen atoms in total. The van der Waals surface area contributed by atoms with Crippen molar-refractivity contribution in [3.05, 3.63) is 22.4 Å². The molecule has 0 aliphatic carbocycles. The van der Waals surface area contributed by atoms with E-state index in [1.165, 1.54) is 11.3 Å². The topological polar surface area (TPSA) is 73.0 Å². The summed E-state index contributed by atoms with van der Waals surface area (Å²) >= 11 is 1.47. The highest BCUT2D eigenvalue weighted by Crippen LogP contribution is 2.07. The van der Waals surface area contributed by atoms with Crippen LogP contribution in [0.2, 0.25) is 0 Å². The molecule has 0 unspecified atom stereocenters. The van der Waals surface area contributed by atoms with Crippen molar-refractivity contribution >= 4 is 29.1 Å². The van der Waals surface area contributed by atoms with Crippen LogP contribution in [0.3, 0.4) is 0 Å². The summed E-state index contributed by atoms with van der Waals surface area (Å²) in [5, 5.41) is 6.44. The van der Waals surface area contributed by atoms with Gasteiger partial charge in [-0.3, -0.25) is 19.3 Å². The van der Waals surface area contributed by atoms with Crippen LogP contribution in [-0.2, 0) is 9.59 Å². The lowest BCUT2D eigenvalue weighted by Gasteiger charge is -2.25. The monoisotopic (exact) mass is 394 g/mol. The number of carbonyl (C=O) groups excluding carboxylic acids is 3. The number of thiophene rings is 1. The van der Waals surface area contributed by atoms with Crippen molar-refractivity contribution in [1.29, 1.82) is 0 Å². The number of hydrogen-bond donors (Lipinski definition) is 1. The van der Waals surface area contributed by atoms with Crippen molar-refractivity contribution in [3.63, 3.8) is 0 Å². The van der Waals surface area contributed by atoms with Gasteiger partial charge in [-0.2, -0.15) is 11.3 Å². The third-order valence-corrected chi connectivity index (χ3v) is 5.51. The first-order valence-electron chi connectivity index (χ1n) is 9.63. The van der Waals surface area contributed by atoms with Gasteiger partial charge in [-0.1, -0.05) is 0 Å². The molecule has 0 spiro atoms. The van der Waals surface area contributed by atoms with Gasteiger partial charge in [0.05, 0.1) is 6.54 Å². The first-order chi connectivity index (χ1) is 13.0. The molecule has 1 aromatic rings. The van der Waals surface area contributed by atoms with E-state index in [1.54, 1.807) is 11.4 Å². The number of rotatable bonds is 8. The summed E-state index contributed by atoms with van der Waals surface area (Å²) in [6.45, 7) is 9.05. The van der Waals surface area contributed by atoms with E-state index >= 15 is 0 Å². The van der Waals surface area contributed by atoms with Crippen molar-refractivity contribution in [2.24, 2.45) is 0 Å². The third-order valence-electron chi connectivity index (χ3n) is 4.82. The lowest BCUT2D eigenvalue weighted by molar-refractivity contribution is -0.132. The zero-order chi connectivity index (χ0) is 19.6. The smallest absolute Gasteiger partial charge is 0.252 e. The van der Waals surface area contributed by atoms with E-state index in [1.807, 2.05) is 29.0 Å². The van der Waals surface area contributed by atoms with Crippen LogP contribution in [0.4, 0.5) is 0 Å². The van der Waals surface area contributed by atoms with Crippen LogP contribution < -0.4 is 5.32 Å². The first kappa shape index (κ1) is 21.4. The quantitative estimate of drug-likeness (QED) is 0.721. The molecule has 1 aromatic heterocycles. The minimum absolute atomic E-state index is 0.0533. The number of nitrogens with one attached hydrogen (secondary N) is 1. The largest absolute Gasteiger partial charge is 0.351 e. The van der Waals surface area contributed by atoms with Crippen LogP contribution in [0.25, 0.3) is 0 Å². The Morgan fingerprint density at radius 1 is 1.15 bits per heavy atom. The highest BCUT2D eigenvalue weighted by Gasteiger charge is 2.21. The number of nitrogens with zero attached hydrogens (tertiary/aromatic N) is 3. The predicted octanol–water partition coefficient (Wildman–Crippen LogP) is 1.27. The molecule has 1 N–H and O–H groups in total. The molecule has 150 valence electrons. The van der Waals surface area contributed by atoms with Crippen molar-refractivity contribution < 1.29 is 14.4 Å². The number of hydrogen-bond acceptors (Lipinski definition) is 5. The van der Waals surface area contributed by atoms with Crippen LogP contribution in [0.5, 0.6) is 0 Å². The average Bonchev–Trinajstić information content (AvgIpc) is 3.10. The van der Waals surface area contributed by atoms with Gasteiger partial charge < -0.3 is 15.1 Å². The molecular weight excluding hydrogens is 364 g/mol. The van der Waals surface area contributed by atoms with E-state index < -0.39 is 0 Å².